The molecule has 3 nitrogen and oxygen atoms in total. The van der Waals surface area contributed by atoms with Crippen LogP contribution in [0.25, 0.3) is 0 Å². The molecule has 1 N–H and O–H groups in total. The molecule has 0 aromatic heterocycles. The Bertz CT molecular complexity index is 475. The maximum atomic E-state index is 12.1. The van der Waals surface area contributed by atoms with E-state index >= 15 is 0 Å². The van der Waals surface area contributed by atoms with Crippen molar-refractivity contribution in [3.05, 3.63) is 29.8 Å². The Morgan fingerprint density at radius 1 is 1.30 bits per heavy atom. The van der Waals surface area contributed by atoms with Gasteiger partial charge in [-0.1, -0.05) is 19.1 Å². The van der Waals surface area contributed by atoms with Crippen LogP contribution in [0.5, 0.6) is 5.75 Å². The monoisotopic (exact) mass is 307 g/mol. The summed E-state index contributed by atoms with van der Waals surface area (Å²) < 4.78 is 52.0. The van der Waals surface area contributed by atoms with Crippen molar-refractivity contribution in [3.63, 3.8) is 0 Å². The molecule has 0 aliphatic carbocycles. The largest absolute Gasteiger partial charge is 0.573 e. The molecule has 1 saturated heterocycles. The number of benzene rings is 1. The number of rotatable bonds is 2. The van der Waals surface area contributed by atoms with Crippen molar-refractivity contribution in [1.82, 2.24) is 5.32 Å². The summed E-state index contributed by atoms with van der Waals surface area (Å²) in [6.07, 6.45) is -3.85. The number of halogens is 3. The lowest BCUT2D eigenvalue weighted by Crippen LogP contribution is -2.24. The van der Waals surface area contributed by atoms with Crippen molar-refractivity contribution in [1.29, 1.82) is 0 Å². The van der Waals surface area contributed by atoms with E-state index in [4.69, 9.17) is 0 Å². The van der Waals surface area contributed by atoms with Gasteiger partial charge in [-0.05, 0) is 30.7 Å². The summed E-state index contributed by atoms with van der Waals surface area (Å²) in [4.78, 5) is 0. The van der Waals surface area contributed by atoms with E-state index < -0.39 is 17.2 Å². The molecule has 1 fully saturated rings. The van der Waals surface area contributed by atoms with E-state index in [0.717, 1.165) is 18.5 Å². The second-order valence-electron chi connectivity index (χ2n) is 4.77. The number of ether oxygens (including phenoxy) is 1. The molecule has 0 radical (unpaired) electrons. The highest BCUT2D eigenvalue weighted by atomic mass is 32.2. The first-order valence-electron chi connectivity index (χ1n) is 6.31. The van der Waals surface area contributed by atoms with Gasteiger partial charge in [0.15, 0.2) is 0 Å². The summed E-state index contributed by atoms with van der Waals surface area (Å²) in [5.41, 5.74) is 0.821. The summed E-state index contributed by atoms with van der Waals surface area (Å²) in [6.45, 7) is 2.69. The quantitative estimate of drug-likeness (QED) is 0.913. The summed E-state index contributed by atoms with van der Waals surface area (Å²) in [5.74, 6) is 0.227. The molecule has 1 aromatic carbocycles. The SMILES string of the molecule is CC1CCNC(c2ccc(OC(F)(F)F)cc2)CS1=O. The summed E-state index contributed by atoms with van der Waals surface area (Å²) in [5, 5.41) is 3.41. The first kappa shape index (κ1) is 15.3. The van der Waals surface area contributed by atoms with Gasteiger partial charge in [0, 0.05) is 27.8 Å². The second-order valence-corrected chi connectivity index (χ2v) is 6.67. The first-order chi connectivity index (χ1) is 9.35. The summed E-state index contributed by atoms with van der Waals surface area (Å²) in [6, 6.07) is 5.61. The molecule has 1 heterocycles. The second kappa shape index (κ2) is 6.13. The maximum absolute atomic E-state index is 12.1. The Morgan fingerprint density at radius 3 is 2.55 bits per heavy atom. The lowest BCUT2D eigenvalue weighted by atomic mass is 10.1. The predicted molar refractivity (Wildman–Crippen MR) is 71.0 cm³/mol. The zero-order chi connectivity index (χ0) is 14.8. The van der Waals surface area contributed by atoms with Gasteiger partial charge in [0.1, 0.15) is 5.75 Å². The number of alkyl halides is 3. The van der Waals surface area contributed by atoms with Gasteiger partial charge in [-0.15, -0.1) is 13.2 Å². The maximum Gasteiger partial charge on any atom is 0.573 e. The molecule has 1 aromatic rings. The third kappa shape index (κ3) is 4.21. The van der Waals surface area contributed by atoms with Gasteiger partial charge >= 0.3 is 6.36 Å². The lowest BCUT2D eigenvalue weighted by Gasteiger charge is -2.16. The lowest BCUT2D eigenvalue weighted by molar-refractivity contribution is -0.274. The van der Waals surface area contributed by atoms with Gasteiger partial charge in [0.05, 0.1) is 0 Å². The zero-order valence-corrected chi connectivity index (χ0v) is 11.8. The molecule has 20 heavy (non-hydrogen) atoms. The van der Waals surface area contributed by atoms with E-state index in [1.165, 1.54) is 12.1 Å². The number of hydrogen-bond donors (Lipinski definition) is 1. The molecular formula is C13H16F3NO2S. The van der Waals surface area contributed by atoms with Crippen molar-refractivity contribution in [2.75, 3.05) is 12.3 Å². The highest BCUT2D eigenvalue weighted by Crippen LogP contribution is 2.25. The third-order valence-corrected chi connectivity index (χ3v) is 5.03. The molecule has 7 heteroatoms. The van der Waals surface area contributed by atoms with Crippen LogP contribution in [0.15, 0.2) is 24.3 Å². The molecular weight excluding hydrogens is 291 g/mol. The third-order valence-electron chi connectivity index (χ3n) is 3.24. The predicted octanol–water partition coefficient (Wildman–Crippen LogP) is 2.76. The molecule has 0 amide bonds. The minimum absolute atomic E-state index is 0.0966. The fraction of sp³-hybridized carbons (Fsp3) is 0.538. The highest BCUT2D eigenvalue weighted by Gasteiger charge is 2.31. The van der Waals surface area contributed by atoms with Gasteiger partial charge in [-0.2, -0.15) is 0 Å². The molecule has 0 saturated carbocycles. The minimum atomic E-state index is -4.68. The number of nitrogens with one attached hydrogen (secondary N) is 1. The molecule has 3 unspecified atom stereocenters. The Balaban J connectivity index is 2.07. The van der Waals surface area contributed by atoms with Crippen molar-refractivity contribution < 1.29 is 22.1 Å². The van der Waals surface area contributed by atoms with Gasteiger partial charge in [0.25, 0.3) is 0 Å². The van der Waals surface area contributed by atoms with Crippen LogP contribution in [-0.2, 0) is 10.8 Å². The van der Waals surface area contributed by atoms with Crippen LogP contribution < -0.4 is 10.1 Å². The van der Waals surface area contributed by atoms with Crippen LogP contribution in [0.1, 0.15) is 24.9 Å². The van der Waals surface area contributed by atoms with E-state index in [2.05, 4.69) is 10.1 Å². The van der Waals surface area contributed by atoms with E-state index in [0.29, 0.717) is 5.75 Å². The summed E-state index contributed by atoms with van der Waals surface area (Å²) >= 11 is 0. The van der Waals surface area contributed by atoms with Crippen molar-refractivity contribution in [3.8, 4) is 5.75 Å². The summed E-state index contributed by atoms with van der Waals surface area (Å²) in [7, 11) is -0.928. The van der Waals surface area contributed by atoms with Crippen molar-refractivity contribution in [2.24, 2.45) is 0 Å². The minimum Gasteiger partial charge on any atom is -0.406 e. The Kier molecular flexibility index (Phi) is 4.70. The Hall–Kier alpha value is -1.08. The number of hydrogen-bond acceptors (Lipinski definition) is 3. The zero-order valence-electron chi connectivity index (χ0n) is 10.9. The smallest absolute Gasteiger partial charge is 0.406 e. The average Bonchev–Trinajstić information content (AvgIpc) is 2.51. The van der Waals surface area contributed by atoms with Crippen LogP contribution in [0.3, 0.4) is 0 Å². The van der Waals surface area contributed by atoms with Crippen LogP contribution >= 0.6 is 0 Å². The van der Waals surface area contributed by atoms with Crippen LogP contribution in [0, 0.1) is 0 Å². The van der Waals surface area contributed by atoms with Crippen LogP contribution in [0.2, 0.25) is 0 Å². The molecule has 1 aliphatic rings. The van der Waals surface area contributed by atoms with E-state index in [-0.39, 0.29) is 17.0 Å². The van der Waals surface area contributed by atoms with E-state index in [9.17, 15) is 17.4 Å². The van der Waals surface area contributed by atoms with Crippen molar-refractivity contribution in [2.45, 2.75) is 31.0 Å². The van der Waals surface area contributed by atoms with E-state index in [1.807, 2.05) is 6.92 Å². The first-order valence-corrected chi connectivity index (χ1v) is 7.69. The molecule has 1 aliphatic heterocycles. The van der Waals surface area contributed by atoms with Crippen LogP contribution in [-0.4, -0.2) is 28.1 Å². The average molecular weight is 307 g/mol. The standard InChI is InChI=1S/C13H16F3NO2S/c1-9-6-7-17-12(8-20(9)18)10-2-4-11(5-3-10)19-13(14,15)16/h2-5,9,12,17H,6-8H2,1H3. The molecule has 3 atom stereocenters. The fourth-order valence-electron chi connectivity index (χ4n) is 2.10. The topological polar surface area (TPSA) is 38.3 Å². The van der Waals surface area contributed by atoms with Gasteiger partial charge in [-0.3, -0.25) is 4.21 Å². The highest BCUT2D eigenvalue weighted by molar-refractivity contribution is 7.85. The van der Waals surface area contributed by atoms with Gasteiger partial charge in [-0.25, -0.2) is 0 Å². The fourth-order valence-corrected chi connectivity index (χ4v) is 3.44. The van der Waals surface area contributed by atoms with Crippen molar-refractivity contribution >= 4 is 10.8 Å². The van der Waals surface area contributed by atoms with Crippen LogP contribution in [0.4, 0.5) is 13.2 Å². The van der Waals surface area contributed by atoms with Gasteiger partial charge < -0.3 is 10.1 Å². The molecule has 0 spiro atoms. The Morgan fingerprint density at radius 2 is 1.95 bits per heavy atom. The Labute approximate surface area is 118 Å². The molecule has 2 rings (SSSR count). The normalized spacial score (nSPS) is 27.9. The molecule has 112 valence electrons. The van der Waals surface area contributed by atoms with Gasteiger partial charge in [0.2, 0.25) is 0 Å². The molecule has 0 bridgehead atoms. The van der Waals surface area contributed by atoms with E-state index in [1.54, 1.807) is 12.1 Å².